The molecule has 1 aromatic carbocycles. The number of unbranched alkanes of at least 4 members (excludes halogenated alkanes) is 1. The van der Waals surface area contributed by atoms with Gasteiger partial charge in [0.15, 0.2) is 0 Å². The summed E-state index contributed by atoms with van der Waals surface area (Å²) in [6, 6.07) is 4.49. The Labute approximate surface area is 187 Å². The fourth-order valence-corrected chi connectivity index (χ4v) is 4.18. The third-order valence-corrected chi connectivity index (χ3v) is 6.15. The van der Waals surface area contributed by atoms with Crippen molar-refractivity contribution in [3.63, 3.8) is 0 Å². The molecule has 0 aromatic heterocycles. The summed E-state index contributed by atoms with van der Waals surface area (Å²) in [6.07, 6.45) is 2.18. The minimum atomic E-state index is -0.548. The maximum atomic E-state index is 12.8. The van der Waals surface area contributed by atoms with Gasteiger partial charge in [-0.25, -0.2) is 9.80 Å². The zero-order chi connectivity index (χ0) is 22.7. The van der Waals surface area contributed by atoms with Gasteiger partial charge < -0.3 is 20.3 Å². The number of primary amides is 1. The molecule has 2 fully saturated rings. The van der Waals surface area contributed by atoms with Gasteiger partial charge in [0.05, 0.1) is 12.3 Å². The van der Waals surface area contributed by atoms with Crippen LogP contribution in [0.2, 0.25) is 0 Å². The van der Waals surface area contributed by atoms with Crippen LogP contribution in [0.3, 0.4) is 0 Å². The lowest BCUT2D eigenvalue weighted by Crippen LogP contribution is -2.44. The Morgan fingerprint density at radius 1 is 1.12 bits per heavy atom. The van der Waals surface area contributed by atoms with Crippen molar-refractivity contribution in [3.8, 4) is 5.75 Å². The molecule has 10 nitrogen and oxygen atoms in total. The first-order valence-corrected chi connectivity index (χ1v) is 11.1. The van der Waals surface area contributed by atoms with Gasteiger partial charge in [-0.3, -0.25) is 14.5 Å². The first-order valence-electron chi connectivity index (χ1n) is 11.1. The number of carbonyl (C=O) groups is 3. The summed E-state index contributed by atoms with van der Waals surface area (Å²) in [7, 11) is 2.13. The number of hydrazone groups is 1. The van der Waals surface area contributed by atoms with Crippen molar-refractivity contribution < 1.29 is 19.1 Å². The molecule has 0 aliphatic carbocycles. The fraction of sp³-hybridized carbons (Fsp3) is 0.545. The van der Waals surface area contributed by atoms with E-state index in [1.165, 1.54) is 9.91 Å². The smallest absolute Gasteiger partial charge is 0.347 e. The number of nitrogens with two attached hydrogens (primary N) is 1. The molecule has 0 saturated carbocycles. The second-order valence-electron chi connectivity index (χ2n) is 8.46. The van der Waals surface area contributed by atoms with E-state index in [9.17, 15) is 14.4 Å². The maximum Gasteiger partial charge on any atom is 0.347 e. The summed E-state index contributed by atoms with van der Waals surface area (Å²) in [5, 5.41) is 5.67. The van der Waals surface area contributed by atoms with Crippen LogP contribution >= 0.6 is 0 Å². The van der Waals surface area contributed by atoms with Crippen LogP contribution in [-0.4, -0.2) is 103 Å². The molecule has 0 radical (unpaired) electrons. The van der Waals surface area contributed by atoms with Crippen LogP contribution in [0.4, 0.5) is 4.79 Å². The lowest BCUT2D eigenvalue weighted by Gasteiger charge is -2.32. The van der Waals surface area contributed by atoms with Gasteiger partial charge in [0, 0.05) is 50.3 Å². The molecule has 0 atom stereocenters. The van der Waals surface area contributed by atoms with E-state index in [1.54, 1.807) is 18.2 Å². The van der Waals surface area contributed by atoms with Gasteiger partial charge in [0.2, 0.25) is 5.91 Å². The standard InChI is InChI=1S/C22H30N6O4/c1-25-9-11-26(12-10-25)7-2-3-8-27-20(29)15-28(22(27)31)24-18-6-13-32-19-5-4-16(21(23)30)14-17(18)19/h4-5,14H,2-3,6-13,15H2,1H3,(H2,23,30)/b24-18+. The van der Waals surface area contributed by atoms with Gasteiger partial charge in [-0.1, -0.05) is 0 Å². The first-order chi connectivity index (χ1) is 15.4. The molecule has 172 valence electrons. The summed E-state index contributed by atoms with van der Waals surface area (Å²) >= 11 is 0. The highest BCUT2D eigenvalue weighted by Crippen LogP contribution is 2.27. The van der Waals surface area contributed by atoms with Gasteiger partial charge in [0.1, 0.15) is 12.3 Å². The number of ether oxygens (including phenoxy) is 1. The number of imide groups is 1. The fourth-order valence-electron chi connectivity index (χ4n) is 4.18. The van der Waals surface area contributed by atoms with Crippen molar-refractivity contribution >= 4 is 23.6 Å². The van der Waals surface area contributed by atoms with E-state index in [0.717, 1.165) is 45.6 Å². The second-order valence-corrected chi connectivity index (χ2v) is 8.46. The molecule has 3 aliphatic heterocycles. The van der Waals surface area contributed by atoms with Crippen molar-refractivity contribution in [3.05, 3.63) is 29.3 Å². The normalized spacial score (nSPS) is 21.2. The van der Waals surface area contributed by atoms with Crippen LogP contribution < -0.4 is 10.5 Å². The number of likely N-dealkylation sites (N-methyl/N-ethyl adjacent to an activating group) is 1. The number of benzene rings is 1. The number of carbonyl (C=O) groups excluding carboxylic acids is 3. The third-order valence-electron chi connectivity index (χ3n) is 6.15. The van der Waals surface area contributed by atoms with Crippen LogP contribution in [0.5, 0.6) is 5.75 Å². The van der Waals surface area contributed by atoms with Crippen LogP contribution in [0.25, 0.3) is 0 Å². The Hall–Kier alpha value is -2.98. The number of nitrogens with zero attached hydrogens (tertiary/aromatic N) is 5. The number of hydrogen-bond acceptors (Lipinski definition) is 7. The molecule has 0 bridgehead atoms. The average molecular weight is 443 g/mol. The molecule has 0 unspecified atom stereocenters. The summed E-state index contributed by atoms with van der Waals surface area (Å²) in [4.78, 5) is 42.8. The Bertz CT molecular complexity index is 925. The second kappa shape index (κ2) is 9.66. The van der Waals surface area contributed by atoms with Crippen LogP contribution in [0.15, 0.2) is 23.3 Å². The average Bonchev–Trinajstić information content (AvgIpc) is 3.05. The topological polar surface area (TPSA) is 112 Å². The predicted octanol–water partition coefficient (Wildman–Crippen LogP) is 0.564. The van der Waals surface area contributed by atoms with E-state index in [1.807, 2.05) is 0 Å². The van der Waals surface area contributed by atoms with Gasteiger partial charge in [0.25, 0.3) is 5.91 Å². The monoisotopic (exact) mass is 442 g/mol. The largest absolute Gasteiger partial charge is 0.492 e. The number of rotatable bonds is 7. The number of fused-ring (bicyclic) bond motifs is 1. The minimum absolute atomic E-state index is 0.0769. The Morgan fingerprint density at radius 2 is 1.88 bits per heavy atom. The van der Waals surface area contributed by atoms with Crippen molar-refractivity contribution in [2.24, 2.45) is 10.8 Å². The maximum absolute atomic E-state index is 12.8. The van der Waals surface area contributed by atoms with E-state index in [2.05, 4.69) is 21.9 Å². The van der Waals surface area contributed by atoms with Crippen LogP contribution in [-0.2, 0) is 4.79 Å². The Morgan fingerprint density at radius 3 is 2.62 bits per heavy atom. The van der Waals surface area contributed by atoms with Crippen LogP contribution in [0, 0.1) is 0 Å². The SMILES string of the molecule is CN1CCN(CCCCN2C(=O)CN(/N=C3\CCOc4ccc(C(N)=O)cc43)C2=O)CC1. The van der Waals surface area contributed by atoms with Gasteiger partial charge in [-0.15, -0.1) is 0 Å². The highest BCUT2D eigenvalue weighted by Gasteiger charge is 2.36. The zero-order valence-corrected chi connectivity index (χ0v) is 18.5. The third kappa shape index (κ3) is 4.91. The Kier molecular flexibility index (Phi) is 6.71. The molecule has 10 heteroatoms. The number of piperazine rings is 1. The van der Waals surface area contributed by atoms with Gasteiger partial charge in [-0.2, -0.15) is 5.10 Å². The van der Waals surface area contributed by atoms with Crippen molar-refractivity contribution in [2.45, 2.75) is 19.3 Å². The van der Waals surface area contributed by atoms with Gasteiger partial charge >= 0.3 is 6.03 Å². The molecular weight excluding hydrogens is 412 g/mol. The summed E-state index contributed by atoms with van der Waals surface area (Å²) in [5.41, 5.74) is 6.95. The summed E-state index contributed by atoms with van der Waals surface area (Å²) < 4.78 is 5.62. The van der Waals surface area contributed by atoms with E-state index < -0.39 is 11.9 Å². The molecule has 2 N–H and O–H groups in total. The molecular formula is C22H30N6O4. The number of hydrogen-bond donors (Lipinski definition) is 1. The van der Waals surface area contributed by atoms with Crippen LogP contribution in [0.1, 0.15) is 35.2 Å². The van der Waals surface area contributed by atoms with Crippen molar-refractivity contribution in [1.82, 2.24) is 19.7 Å². The van der Waals surface area contributed by atoms with Gasteiger partial charge in [-0.05, 0) is 44.6 Å². The zero-order valence-electron chi connectivity index (χ0n) is 18.5. The minimum Gasteiger partial charge on any atom is -0.492 e. The molecule has 32 heavy (non-hydrogen) atoms. The molecule has 1 aromatic rings. The van der Waals surface area contributed by atoms with E-state index >= 15 is 0 Å². The number of urea groups is 1. The summed E-state index contributed by atoms with van der Waals surface area (Å²) in [6.45, 7) is 5.99. The predicted molar refractivity (Wildman–Crippen MR) is 119 cm³/mol. The molecule has 4 amide bonds. The van der Waals surface area contributed by atoms with E-state index in [0.29, 0.717) is 42.2 Å². The number of amides is 4. The lowest BCUT2D eigenvalue weighted by molar-refractivity contribution is -0.125. The highest BCUT2D eigenvalue weighted by atomic mass is 16.5. The molecule has 3 heterocycles. The molecule has 2 saturated heterocycles. The molecule has 4 rings (SSSR count). The Balaban J connectivity index is 1.36. The quantitative estimate of drug-likeness (QED) is 0.488. The van der Waals surface area contributed by atoms with Crippen molar-refractivity contribution in [1.29, 1.82) is 0 Å². The van der Waals surface area contributed by atoms with E-state index in [4.69, 9.17) is 10.5 Å². The molecule has 0 spiro atoms. The first kappa shape index (κ1) is 22.2. The highest BCUT2D eigenvalue weighted by molar-refractivity contribution is 6.07. The van der Waals surface area contributed by atoms with Crippen molar-refractivity contribution in [2.75, 3.05) is 59.5 Å². The lowest BCUT2D eigenvalue weighted by atomic mass is 10.0. The molecule has 3 aliphatic rings. The summed E-state index contributed by atoms with van der Waals surface area (Å²) in [5.74, 6) is -0.205. The van der Waals surface area contributed by atoms with E-state index in [-0.39, 0.29) is 12.5 Å².